The van der Waals surface area contributed by atoms with Gasteiger partial charge in [-0.2, -0.15) is 23.5 Å². The van der Waals surface area contributed by atoms with Gasteiger partial charge in [-0.05, 0) is 103 Å². The number of halogens is 2. The smallest absolute Gasteiger partial charge is 0.305 e. The largest absolute Gasteiger partial charge is 0.508 e. The van der Waals surface area contributed by atoms with Crippen molar-refractivity contribution in [2.45, 2.75) is 124 Å². The summed E-state index contributed by atoms with van der Waals surface area (Å²) in [4.78, 5) is 163. The van der Waals surface area contributed by atoms with Crippen LogP contribution in [0.5, 0.6) is 5.75 Å². The molecule has 3 aliphatic rings. The fraction of sp³-hybridized carbons (Fsp3) is 0.409. The van der Waals surface area contributed by atoms with Gasteiger partial charge in [0, 0.05) is 115 Å². The van der Waals surface area contributed by atoms with Crippen LogP contribution in [0.3, 0.4) is 0 Å². The lowest BCUT2D eigenvalue weighted by Gasteiger charge is -2.37. The first-order valence-electron chi connectivity index (χ1n) is 31.8. The average Bonchev–Trinajstić information content (AvgIpc) is 1.58. The number of aromatic amines is 2. The number of aromatic hydroxyl groups is 1. The van der Waals surface area contributed by atoms with Crippen molar-refractivity contribution in [3.05, 3.63) is 137 Å². The van der Waals surface area contributed by atoms with Crippen molar-refractivity contribution in [1.29, 1.82) is 0 Å². The van der Waals surface area contributed by atoms with Crippen molar-refractivity contribution in [1.82, 2.24) is 68.0 Å². The number of hydrogen-bond donors (Lipinski definition) is 16. The van der Waals surface area contributed by atoms with Gasteiger partial charge >= 0.3 is 5.97 Å². The van der Waals surface area contributed by atoms with Crippen LogP contribution in [0.4, 0.5) is 8.78 Å². The van der Waals surface area contributed by atoms with E-state index in [-0.39, 0.29) is 74.2 Å². The van der Waals surface area contributed by atoms with Gasteiger partial charge in [-0.15, -0.1) is 0 Å². The molecular formula is C66H79F2N15O13S2. The van der Waals surface area contributed by atoms with E-state index in [4.69, 9.17) is 11.5 Å². The van der Waals surface area contributed by atoms with Crippen molar-refractivity contribution in [3.8, 4) is 5.75 Å². The van der Waals surface area contributed by atoms with Gasteiger partial charge in [-0.25, -0.2) is 8.78 Å². The number of nitrogens with zero attached hydrogens (tertiary/aromatic N) is 1. The molecule has 32 heteroatoms. The number of carbonyl (C=O) groups excluding carboxylic acids is 10. The number of H-pyrrole nitrogens is 2. The van der Waals surface area contributed by atoms with Crippen LogP contribution >= 0.6 is 23.5 Å². The van der Waals surface area contributed by atoms with Gasteiger partial charge in [0.05, 0.1) is 13.0 Å². The van der Waals surface area contributed by atoms with Gasteiger partial charge in [0.25, 0.3) is 0 Å². The third kappa shape index (κ3) is 19.3. The highest BCUT2D eigenvalue weighted by molar-refractivity contribution is 7.98. The number of primary amides is 1. The van der Waals surface area contributed by atoms with Crippen LogP contribution in [0.1, 0.15) is 66.8 Å². The Morgan fingerprint density at radius 3 is 1.86 bits per heavy atom. The predicted octanol–water partition coefficient (Wildman–Crippen LogP) is -0.0502. The first-order chi connectivity index (χ1) is 46.9. The number of phenolic OH excluding ortho intramolecular Hbond substituents is 1. The molecule has 28 nitrogen and oxygen atoms in total. The van der Waals surface area contributed by atoms with Gasteiger partial charge in [-0.3, -0.25) is 52.7 Å². The molecule has 0 radical (unpaired) electrons. The monoisotopic (exact) mass is 1390 g/mol. The normalized spacial score (nSPS) is 24.6. The second kappa shape index (κ2) is 33.6. The van der Waals surface area contributed by atoms with Gasteiger partial charge in [0.15, 0.2) is 0 Å². The molecule has 1 unspecified atom stereocenters. The lowest BCUT2D eigenvalue weighted by Crippen LogP contribution is -2.63. The molecule has 0 saturated carbocycles. The molecular weight excluding hydrogens is 1310 g/mol. The molecule has 10 amide bonds. The minimum absolute atomic E-state index is 0.0262. The van der Waals surface area contributed by atoms with Crippen LogP contribution in [0.2, 0.25) is 0 Å². The molecule has 2 aromatic heterocycles. The van der Waals surface area contributed by atoms with Crippen LogP contribution in [-0.4, -0.2) is 188 Å². The highest BCUT2D eigenvalue weighted by Gasteiger charge is 2.49. The molecule has 4 aromatic carbocycles. The molecule has 18 N–H and O–H groups in total. The lowest BCUT2D eigenvalue weighted by molar-refractivity contribution is -0.147. The van der Waals surface area contributed by atoms with E-state index in [1.54, 1.807) is 0 Å². The van der Waals surface area contributed by atoms with E-state index in [1.165, 1.54) is 108 Å². The Morgan fingerprint density at radius 1 is 0.663 bits per heavy atom. The summed E-state index contributed by atoms with van der Waals surface area (Å²) in [6, 6.07) is 9.47. The summed E-state index contributed by atoms with van der Waals surface area (Å²) in [5, 5.41) is 48.1. The quantitative estimate of drug-likeness (QED) is 0.0764. The zero-order valence-electron chi connectivity index (χ0n) is 53.4. The van der Waals surface area contributed by atoms with Crippen LogP contribution in [0.15, 0.2) is 97.3 Å². The summed E-state index contributed by atoms with van der Waals surface area (Å²) < 4.78 is 29.7. The van der Waals surface area contributed by atoms with Crippen LogP contribution in [-0.2, 0) is 83.5 Å². The number of benzene rings is 4. The molecule has 9 rings (SSSR count). The number of nitrogens with two attached hydrogens (primary N) is 2. The third-order valence-electron chi connectivity index (χ3n) is 17.3. The average molecular weight is 1390 g/mol. The highest BCUT2D eigenvalue weighted by Crippen LogP contribution is 2.32. The number of carbonyl (C=O) groups is 11. The van der Waals surface area contributed by atoms with E-state index >= 15 is 14.4 Å². The molecule has 2 fully saturated rings. The van der Waals surface area contributed by atoms with Crippen molar-refractivity contribution < 1.29 is 71.7 Å². The predicted molar refractivity (Wildman–Crippen MR) is 360 cm³/mol. The first kappa shape index (κ1) is 72.6. The number of fused-ring (bicyclic) bond motifs is 5. The molecule has 3 aliphatic heterocycles. The molecule has 2 bridgehead atoms. The summed E-state index contributed by atoms with van der Waals surface area (Å²) in [5.74, 6) is -10.7. The number of aromatic nitrogens is 2. The lowest BCUT2D eigenvalue weighted by atomic mass is 9.95. The van der Waals surface area contributed by atoms with Crippen LogP contribution in [0, 0.1) is 11.6 Å². The number of carboxylic acid groups (broad SMARTS) is 1. The number of carboxylic acids is 1. The number of nitrogens with one attached hydrogen (secondary N) is 12. The molecule has 0 spiro atoms. The van der Waals surface area contributed by atoms with Gasteiger partial charge < -0.3 is 89.7 Å². The Bertz CT molecular complexity index is 3950. The van der Waals surface area contributed by atoms with Gasteiger partial charge in [0.2, 0.25) is 59.1 Å². The molecule has 98 heavy (non-hydrogen) atoms. The Morgan fingerprint density at radius 2 is 1.24 bits per heavy atom. The summed E-state index contributed by atoms with van der Waals surface area (Å²) in [6.45, 7) is 0.985. The zero-order valence-corrected chi connectivity index (χ0v) is 55.1. The maximum atomic E-state index is 15.2. The number of amides is 10. The molecule has 9 atom stereocenters. The van der Waals surface area contributed by atoms with E-state index in [9.17, 15) is 57.4 Å². The molecule has 2 saturated heterocycles. The molecule has 522 valence electrons. The van der Waals surface area contributed by atoms with E-state index < -0.39 is 150 Å². The zero-order chi connectivity index (χ0) is 70.2. The van der Waals surface area contributed by atoms with E-state index in [0.717, 1.165) is 11.1 Å². The Kier molecular flexibility index (Phi) is 24.9. The second-order valence-electron chi connectivity index (χ2n) is 24.5. The maximum absolute atomic E-state index is 15.2. The number of rotatable bonds is 12. The molecule has 0 aliphatic carbocycles. The maximum Gasteiger partial charge on any atom is 0.305 e. The van der Waals surface area contributed by atoms with Crippen molar-refractivity contribution >= 4 is 110 Å². The second-order valence-corrected chi connectivity index (χ2v) is 26.7. The van der Waals surface area contributed by atoms with Gasteiger partial charge in [-0.1, -0.05) is 36.4 Å². The number of thioether (sulfide) groups is 2. The van der Waals surface area contributed by atoms with Crippen molar-refractivity contribution in [2.24, 2.45) is 11.5 Å². The van der Waals surface area contributed by atoms with Crippen molar-refractivity contribution in [3.63, 3.8) is 0 Å². The fourth-order valence-electron chi connectivity index (χ4n) is 12.0. The van der Waals surface area contributed by atoms with Crippen molar-refractivity contribution in [2.75, 3.05) is 44.4 Å². The van der Waals surface area contributed by atoms with E-state index in [2.05, 4.69) is 63.1 Å². The first-order valence-corrected chi connectivity index (χ1v) is 34.1. The van der Waals surface area contributed by atoms with Crippen LogP contribution < -0.4 is 64.6 Å². The standard InChI is InChI=1S/C66H79F2N15O13S2/c1-66-15-3-16-83(66)64(95)52(19-35-6-10-43(84)11-7-35)81-62(93)50(24-42-29-71-34-75-42)79-63(94)51(25-57(87)88)80-61(92)49(21-39-28-73-47-13-9-41(68)23-45(39)47)78-60(91)48(20-38-27-72-46-12-8-40(67)22-44(38)46)76-56(86)30-74-59(90)53(26-69)77-55(85)14-17-97-31-36-4-2-5-37(18-36)32-98-33-54(58(70)89)82-65(66)96/h2,4-13,18,22-23,27-28,42,48-54,71-73,75,84H,3,14-17,19-21,24-26,29-34,69H2,1H3,(H2,70,89)(H,74,90)(H,76,86)(H,77,85)(H,78,91)(H,79,94)(H,80,92)(H,81,93)(H,82,96)(H,87,88)/t42?,48-,49-,50-,51-,52-,53+,54-,66-/m0/s1. The summed E-state index contributed by atoms with van der Waals surface area (Å²) in [7, 11) is 0. The Balaban J connectivity index is 1.05. The Labute approximate surface area is 569 Å². The third-order valence-corrected chi connectivity index (χ3v) is 19.4. The number of hydrogen-bond acceptors (Lipinski definition) is 17. The summed E-state index contributed by atoms with van der Waals surface area (Å²) in [5.41, 5.74) is 13.9. The minimum atomic E-state index is -2.01. The number of phenols is 1. The van der Waals surface area contributed by atoms with E-state index in [1.807, 2.05) is 24.3 Å². The Hall–Kier alpha value is -9.63. The van der Waals surface area contributed by atoms with Crippen LogP contribution in [0.25, 0.3) is 21.8 Å². The SMILES string of the molecule is C[C@@]12CCCN1C(=O)[C@H](Cc1ccc(O)cc1)NC(=O)[C@H](CC1CNCN1)NC(=O)[C@H](CC(=O)O)NC(=O)[C@H](Cc1c[nH]c3ccc(F)cc13)NC(=O)[C@H](Cc1c[nH]c3ccc(F)cc13)NC(=O)CNC(=O)[C@@H](CN)NC(=O)CCSCc1cccc(c1)CSC[C@@H](C(N)=O)NC2=O. The minimum Gasteiger partial charge on any atom is -0.508 e. The number of aliphatic carboxylic acids is 1. The molecule has 6 aromatic rings. The summed E-state index contributed by atoms with van der Waals surface area (Å²) in [6.07, 6.45) is 0.981. The van der Waals surface area contributed by atoms with Gasteiger partial charge in [0.1, 0.15) is 65.2 Å². The fourth-order valence-corrected chi connectivity index (χ4v) is 13.9. The molecule has 5 heterocycles. The summed E-state index contributed by atoms with van der Waals surface area (Å²) >= 11 is 2.76. The highest BCUT2D eigenvalue weighted by atomic mass is 32.2. The van der Waals surface area contributed by atoms with E-state index in [0.29, 0.717) is 57.9 Å². The topological polar surface area (TPSA) is 435 Å².